The molecule has 0 N–H and O–H groups in total. The van der Waals surface area contributed by atoms with Crippen molar-refractivity contribution in [3.63, 3.8) is 0 Å². The average Bonchev–Trinajstić information content (AvgIpc) is 3.28. The van der Waals surface area contributed by atoms with Crippen molar-refractivity contribution < 1.29 is 28.6 Å². The zero-order valence-electron chi connectivity index (χ0n) is 41.3. The van der Waals surface area contributed by atoms with Crippen LogP contribution in [0.4, 0.5) is 0 Å². The number of hydrogen-bond acceptors (Lipinski definition) is 6. The van der Waals surface area contributed by atoms with E-state index in [9.17, 15) is 14.4 Å². The standard InChI is InChI=1S/C57H98O6/c1-4-7-10-13-16-19-22-25-28-29-30-33-35-38-41-44-47-50-56(59)62-53-54(63-57(60)51-48-45-42-39-36-32-27-24-21-18-15-12-9-6-3)52-61-55(58)49-46-43-40-37-34-31-26-23-20-17-14-11-8-5-2/h7,10,15-16,18-19,23-28,54H,4-6,8-9,11-14,17,20-22,29-53H2,1-3H3/b10-7-,18-15-,19-16-,26-23-,27-24-,28-25-. The van der Waals surface area contributed by atoms with E-state index in [0.717, 1.165) is 116 Å². The molecule has 6 nitrogen and oxygen atoms in total. The lowest BCUT2D eigenvalue weighted by molar-refractivity contribution is -0.167. The fourth-order valence-electron chi connectivity index (χ4n) is 7.17. The molecule has 0 rings (SSSR count). The first-order chi connectivity index (χ1) is 31.0. The molecular weight excluding hydrogens is 781 g/mol. The van der Waals surface area contributed by atoms with Gasteiger partial charge in [-0.1, -0.05) is 203 Å². The first kappa shape index (κ1) is 59.9. The molecule has 0 bridgehead atoms. The van der Waals surface area contributed by atoms with Gasteiger partial charge < -0.3 is 14.2 Å². The summed E-state index contributed by atoms with van der Waals surface area (Å²) in [6.45, 7) is 6.45. The topological polar surface area (TPSA) is 78.9 Å². The number of unbranched alkanes of at least 4 members (excludes halogenated alkanes) is 24. The fourth-order valence-corrected chi connectivity index (χ4v) is 7.17. The first-order valence-corrected chi connectivity index (χ1v) is 26.4. The number of carbonyl (C=O) groups excluding carboxylic acids is 3. The molecule has 0 spiro atoms. The molecule has 1 unspecified atom stereocenters. The van der Waals surface area contributed by atoms with E-state index in [0.29, 0.717) is 19.3 Å². The zero-order chi connectivity index (χ0) is 45.8. The van der Waals surface area contributed by atoms with Gasteiger partial charge in [-0.05, 0) is 103 Å². The Morgan fingerprint density at radius 2 is 0.635 bits per heavy atom. The second kappa shape index (κ2) is 51.5. The SMILES string of the molecule is CC/C=C\C/C=C\C/C=C\CCCCCCCCCC(=O)OCC(COC(=O)CCCCCCC/C=C\CCCCCCC)OC(=O)CCCCCCC/C=C\C/C=C\CCCC. The van der Waals surface area contributed by atoms with E-state index < -0.39 is 6.10 Å². The minimum Gasteiger partial charge on any atom is -0.462 e. The summed E-state index contributed by atoms with van der Waals surface area (Å²) in [7, 11) is 0. The number of carbonyl (C=O) groups is 3. The lowest BCUT2D eigenvalue weighted by Crippen LogP contribution is -2.30. The fraction of sp³-hybridized carbons (Fsp3) is 0.737. The Labute approximate surface area is 389 Å². The van der Waals surface area contributed by atoms with Gasteiger partial charge in [0, 0.05) is 19.3 Å². The monoisotopic (exact) mass is 879 g/mol. The van der Waals surface area contributed by atoms with Gasteiger partial charge in [0.2, 0.25) is 0 Å². The van der Waals surface area contributed by atoms with Crippen LogP contribution >= 0.6 is 0 Å². The molecule has 0 fully saturated rings. The second-order valence-corrected chi connectivity index (χ2v) is 17.4. The Kier molecular flexibility index (Phi) is 48.9. The minimum atomic E-state index is -0.789. The van der Waals surface area contributed by atoms with Crippen LogP contribution in [0.1, 0.15) is 252 Å². The molecule has 0 aliphatic heterocycles. The first-order valence-electron chi connectivity index (χ1n) is 26.4. The Bertz CT molecular complexity index is 1190. The number of hydrogen-bond donors (Lipinski definition) is 0. The van der Waals surface area contributed by atoms with Crippen molar-refractivity contribution >= 4 is 17.9 Å². The van der Waals surface area contributed by atoms with Crippen LogP contribution < -0.4 is 0 Å². The summed E-state index contributed by atoms with van der Waals surface area (Å²) in [6.07, 6.45) is 64.5. The maximum atomic E-state index is 12.8. The average molecular weight is 879 g/mol. The molecule has 0 radical (unpaired) electrons. The predicted octanol–water partition coefficient (Wildman–Crippen LogP) is 17.4. The largest absolute Gasteiger partial charge is 0.462 e. The van der Waals surface area contributed by atoms with E-state index in [1.807, 2.05) is 0 Å². The molecule has 0 amide bonds. The summed E-state index contributed by atoms with van der Waals surface area (Å²) >= 11 is 0. The molecule has 0 aromatic carbocycles. The smallest absolute Gasteiger partial charge is 0.306 e. The maximum absolute atomic E-state index is 12.8. The highest BCUT2D eigenvalue weighted by Gasteiger charge is 2.19. The zero-order valence-corrected chi connectivity index (χ0v) is 41.3. The van der Waals surface area contributed by atoms with Crippen molar-refractivity contribution in [3.05, 3.63) is 72.9 Å². The van der Waals surface area contributed by atoms with Crippen LogP contribution in [0, 0.1) is 0 Å². The number of allylic oxidation sites excluding steroid dienone is 12. The summed E-state index contributed by atoms with van der Waals surface area (Å²) in [6, 6.07) is 0. The molecular formula is C57H98O6. The highest BCUT2D eigenvalue weighted by atomic mass is 16.6. The quantitative estimate of drug-likeness (QED) is 0.0262. The number of ether oxygens (including phenoxy) is 3. The van der Waals surface area contributed by atoms with Gasteiger partial charge in [0.25, 0.3) is 0 Å². The van der Waals surface area contributed by atoms with Crippen LogP contribution in [0.25, 0.3) is 0 Å². The van der Waals surface area contributed by atoms with Gasteiger partial charge in [0.05, 0.1) is 0 Å². The van der Waals surface area contributed by atoms with E-state index in [1.54, 1.807) is 0 Å². The van der Waals surface area contributed by atoms with Crippen molar-refractivity contribution in [2.45, 2.75) is 258 Å². The number of esters is 3. The van der Waals surface area contributed by atoms with Gasteiger partial charge in [-0.3, -0.25) is 14.4 Å². The van der Waals surface area contributed by atoms with Crippen molar-refractivity contribution in [2.24, 2.45) is 0 Å². The Hall–Kier alpha value is -3.15. The normalized spacial score (nSPS) is 12.6. The summed E-state index contributed by atoms with van der Waals surface area (Å²) in [4.78, 5) is 38.0. The third-order valence-electron chi connectivity index (χ3n) is 11.2. The summed E-state index contributed by atoms with van der Waals surface area (Å²) in [5.41, 5.74) is 0. The molecule has 0 aliphatic carbocycles. The maximum Gasteiger partial charge on any atom is 0.306 e. The highest BCUT2D eigenvalue weighted by molar-refractivity contribution is 5.71. The molecule has 0 aromatic rings. The van der Waals surface area contributed by atoms with Crippen molar-refractivity contribution in [3.8, 4) is 0 Å². The molecule has 6 heteroatoms. The van der Waals surface area contributed by atoms with E-state index in [4.69, 9.17) is 14.2 Å². The van der Waals surface area contributed by atoms with E-state index >= 15 is 0 Å². The summed E-state index contributed by atoms with van der Waals surface area (Å²) in [5, 5.41) is 0. The number of rotatable bonds is 47. The molecule has 0 aromatic heterocycles. The lowest BCUT2D eigenvalue weighted by Gasteiger charge is -2.18. The molecule has 0 aliphatic rings. The van der Waals surface area contributed by atoms with E-state index in [2.05, 4.69) is 93.7 Å². The lowest BCUT2D eigenvalue weighted by atomic mass is 10.1. The van der Waals surface area contributed by atoms with Crippen LogP contribution in [0.3, 0.4) is 0 Å². The van der Waals surface area contributed by atoms with Crippen LogP contribution in [-0.4, -0.2) is 37.2 Å². The Morgan fingerprint density at radius 1 is 0.333 bits per heavy atom. The molecule has 362 valence electrons. The predicted molar refractivity (Wildman–Crippen MR) is 270 cm³/mol. The van der Waals surface area contributed by atoms with Crippen molar-refractivity contribution in [1.29, 1.82) is 0 Å². The third-order valence-corrected chi connectivity index (χ3v) is 11.2. The highest BCUT2D eigenvalue weighted by Crippen LogP contribution is 2.14. The van der Waals surface area contributed by atoms with Gasteiger partial charge >= 0.3 is 17.9 Å². The van der Waals surface area contributed by atoms with Gasteiger partial charge in [-0.15, -0.1) is 0 Å². The third kappa shape index (κ3) is 49.7. The van der Waals surface area contributed by atoms with Crippen LogP contribution in [0.2, 0.25) is 0 Å². The van der Waals surface area contributed by atoms with Crippen molar-refractivity contribution in [1.82, 2.24) is 0 Å². The van der Waals surface area contributed by atoms with Crippen LogP contribution in [0.5, 0.6) is 0 Å². The van der Waals surface area contributed by atoms with Gasteiger partial charge in [0.1, 0.15) is 13.2 Å². The molecule has 0 saturated carbocycles. The summed E-state index contributed by atoms with van der Waals surface area (Å²) in [5.74, 6) is -0.918. The summed E-state index contributed by atoms with van der Waals surface area (Å²) < 4.78 is 16.8. The molecule has 0 heterocycles. The van der Waals surface area contributed by atoms with Gasteiger partial charge in [0.15, 0.2) is 6.10 Å². The molecule has 63 heavy (non-hydrogen) atoms. The molecule has 1 atom stereocenters. The van der Waals surface area contributed by atoms with E-state index in [-0.39, 0.29) is 31.1 Å². The Balaban J connectivity index is 4.42. The minimum absolute atomic E-state index is 0.0887. The van der Waals surface area contributed by atoms with Crippen LogP contribution in [0.15, 0.2) is 72.9 Å². The van der Waals surface area contributed by atoms with Crippen molar-refractivity contribution in [2.75, 3.05) is 13.2 Å². The van der Waals surface area contributed by atoms with Gasteiger partial charge in [-0.2, -0.15) is 0 Å². The Morgan fingerprint density at radius 3 is 1.03 bits per heavy atom. The van der Waals surface area contributed by atoms with E-state index in [1.165, 1.54) is 96.3 Å². The van der Waals surface area contributed by atoms with Gasteiger partial charge in [-0.25, -0.2) is 0 Å². The second-order valence-electron chi connectivity index (χ2n) is 17.4. The molecule has 0 saturated heterocycles. The van der Waals surface area contributed by atoms with Crippen LogP contribution in [-0.2, 0) is 28.6 Å².